The molecule has 1 atom stereocenters. The quantitative estimate of drug-likeness (QED) is 0.126. The molecule has 1 unspecified atom stereocenters. The van der Waals surface area contributed by atoms with Crippen molar-refractivity contribution in [2.75, 3.05) is 26.4 Å². The van der Waals surface area contributed by atoms with Crippen molar-refractivity contribution < 1.29 is 53.4 Å². The van der Waals surface area contributed by atoms with Gasteiger partial charge in [-0.3, -0.25) is 0 Å². The Morgan fingerprint density at radius 3 is 1.86 bits per heavy atom. The molecule has 0 aromatic heterocycles. The Hall–Kier alpha value is -2.67. The standard InChI is InChI=1S/C23H32O11S/c1-3-5-11-18(35-17-10-8-7-9-16(17)22(30)31-12-6-4-2)23(32-19(27)13-24,33-20(28)14-25)34-21(29)15-26/h7-10,18,24-26H,3-6,11-15H2,1-2H3. The van der Waals surface area contributed by atoms with E-state index in [-0.39, 0.29) is 18.6 Å². The maximum atomic E-state index is 12.7. The van der Waals surface area contributed by atoms with E-state index in [1.165, 1.54) is 6.07 Å². The van der Waals surface area contributed by atoms with E-state index in [9.17, 15) is 34.5 Å². The lowest BCUT2D eigenvalue weighted by molar-refractivity contribution is -0.331. The van der Waals surface area contributed by atoms with Gasteiger partial charge in [-0.25, -0.2) is 19.2 Å². The fourth-order valence-electron chi connectivity index (χ4n) is 2.81. The molecule has 0 saturated carbocycles. The molecule has 0 spiro atoms. The van der Waals surface area contributed by atoms with Gasteiger partial charge in [-0.05, 0) is 25.0 Å². The Morgan fingerprint density at radius 2 is 1.37 bits per heavy atom. The van der Waals surface area contributed by atoms with Gasteiger partial charge in [0.1, 0.15) is 25.1 Å². The molecule has 196 valence electrons. The van der Waals surface area contributed by atoms with E-state index in [4.69, 9.17) is 18.9 Å². The number of ether oxygens (including phenoxy) is 4. The molecule has 0 aliphatic rings. The molecule has 0 fully saturated rings. The minimum atomic E-state index is -2.75. The molecule has 1 rings (SSSR count). The summed E-state index contributed by atoms with van der Waals surface area (Å²) >= 11 is 0.910. The van der Waals surface area contributed by atoms with Crippen LogP contribution < -0.4 is 0 Å². The molecule has 0 aliphatic carbocycles. The van der Waals surface area contributed by atoms with E-state index in [2.05, 4.69) is 0 Å². The highest BCUT2D eigenvalue weighted by Crippen LogP contribution is 2.40. The Labute approximate surface area is 207 Å². The first-order valence-corrected chi connectivity index (χ1v) is 12.1. The van der Waals surface area contributed by atoms with Crippen molar-refractivity contribution in [1.82, 2.24) is 0 Å². The SMILES string of the molecule is CCCCOC(=O)c1ccccc1SC(CCCC)C(OC(=O)CO)(OC(=O)CO)OC(=O)CO. The molecule has 1 aromatic rings. The summed E-state index contributed by atoms with van der Waals surface area (Å²) in [5.41, 5.74) is 0.180. The van der Waals surface area contributed by atoms with Crippen LogP contribution in [0.3, 0.4) is 0 Å². The summed E-state index contributed by atoms with van der Waals surface area (Å²) in [6.45, 7) is 0.613. The van der Waals surface area contributed by atoms with Crippen LogP contribution >= 0.6 is 11.8 Å². The Kier molecular flexibility index (Phi) is 14.0. The third-order valence-electron chi connectivity index (χ3n) is 4.48. The van der Waals surface area contributed by atoms with Crippen LogP contribution in [0.4, 0.5) is 0 Å². The molecule has 0 amide bonds. The Bertz CT molecular complexity index is 797. The zero-order valence-corrected chi connectivity index (χ0v) is 20.6. The summed E-state index contributed by atoms with van der Waals surface area (Å²) in [4.78, 5) is 49.2. The maximum absolute atomic E-state index is 12.7. The van der Waals surface area contributed by atoms with Crippen LogP contribution in [-0.2, 0) is 33.3 Å². The molecular weight excluding hydrogens is 484 g/mol. The molecule has 12 heteroatoms. The van der Waals surface area contributed by atoms with E-state index in [0.717, 1.165) is 18.2 Å². The highest BCUT2D eigenvalue weighted by Gasteiger charge is 2.52. The molecule has 11 nitrogen and oxygen atoms in total. The highest BCUT2D eigenvalue weighted by molar-refractivity contribution is 8.00. The van der Waals surface area contributed by atoms with Gasteiger partial charge >= 0.3 is 29.9 Å². The van der Waals surface area contributed by atoms with Crippen LogP contribution in [0.25, 0.3) is 0 Å². The normalized spacial score (nSPS) is 11.9. The van der Waals surface area contributed by atoms with Gasteiger partial charge in [-0.2, -0.15) is 0 Å². The first-order valence-electron chi connectivity index (χ1n) is 11.2. The van der Waals surface area contributed by atoms with Gasteiger partial charge in [0.15, 0.2) is 0 Å². The van der Waals surface area contributed by atoms with Crippen molar-refractivity contribution in [1.29, 1.82) is 0 Å². The molecule has 0 bridgehead atoms. The van der Waals surface area contributed by atoms with Crippen LogP contribution in [0.1, 0.15) is 56.3 Å². The van der Waals surface area contributed by atoms with E-state index in [1.54, 1.807) is 18.2 Å². The minimum absolute atomic E-state index is 0.135. The average Bonchev–Trinajstić information content (AvgIpc) is 2.86. The number of rotatable bonds is 16. The lowest BCUT2D eigenvalue weighted by Crippen LogP contribution is -2.53. The van der Waals surface area contributed by atoms with Gasteiger partial charge in [0.05, 0.1) is 12.2 Å². The number of aliphatic hydroxyl groups is 3. The monoisotopic (exact) mass is 516 g/mol. The van der Waals surface area contributed by atoms with Crippen molar-refractivity contribution in [3.05, 3.63) is 29.8 Å². The molecule has 0 heterocycles. The zero-order valence-electron chi connectivity index (χ0n) is 19.8. The summed E-state index contributed by atoms with van der Waals surface area (Å²) in [5, 5.41) is 26.5. The van der Waals surface area contributed by atoms with Gasteiger partial charge in [-0.1, -0.05) is 45.2 Å². The number of benzene rings is 1. The van der Waals surface area contributed by atoms with E-state index >= 15 is 0 Å². The summed E-state index contributed by atoms with van der Waals surface area (Å²) in [6, 6.07) is 6.37. The fraction of sp³-hybridized carbons (Fsp3) is 0.565. The third-order valence-corrected chi connectivity index (χ3v) is 5.90. The molecule has 0 saturated heterocycles. The number of esters is 4. The van der Waals surface area contributed by atoms with E-state index in [1.807, 2.05) is 13.8 Å². The molecule has 0 radical (unpaired) electrons. The number of hydrogen-bond acceptors (Lipinski definition) is 12. The number of carbonyl (C=O) groups is 4. The average molecular weight is 517 g/mol. The molecule has 3 N–H and O–H groups in total. The number of unbranched alkanes of at least 4 members (excludes halogenated alkanes) is 2. The van der Waals surface area contributed by atoms with Crippen LogP contribution in [0.5, 0.6) is 0 Å². The number of hydrogen-bond donors (Lipinski definition) is 3. The van der Waals surface area contributed by atoms with Crippen LogP contribution in [0, 0.1) is 0 Å². The first-order chi connectivity index (χ1) is 16.8. The first kappa shape index (κ1) is 30.4. The molecule has 1 aromatic carbocycles. The van der Waals surface area contributed by atoms with Gasteiger partial charge in [0.25, 0.3) is 0 Å². The second-order valence-corrected chi connectivity index (χ2v) is 8.48. The Balaban J connectivity index is 3.52. The topological polar surface area (TPSA) is 166 Å². The lowest BCUT2D eigenvalue weighted by Gasteiger charge is -2.36. The smallest absolute Gasteiger partial charge is 0.436 e. The highest BCUT2D eigenvalue weighted by atomic mass is 32.2. The molecule has 35 heavy (non-hydrogen) atoms. The van der Waals surface area contributed by atoms with Crippen molar-refractivity contribution in [2.24, 2.45) is 0 Å². The Morgan fingerprint density at radius 1 is 0.857 bits per heavy atom. The largest absolute Gasteiger partial charge is 0.462 e. The summed E-state index contributed by atoms with van der Waals surface area (Å²) in [5.74, 6) is -7.24. The van der Waals surface area contributed by atoms with Crippen molar-refractivity contribution >= 4 is 35.6 Å². The van der Waals surface area contributed by atoms with Gasteiger partial charge in [-0.15, -0.1) is 11.8 Å². The number of thioether (sulfide) groups is 1. The predicted molar refractivity (Wildman–Crippen MR) is 123 cm³/mol. The van der Waals surface area contributed by atoms with Gasteiger partial charge < -0.3 is 34.3 Å². The second-order valence-electron chi connectivity index (χ2n) is 7.23. The van der Waals surface area contributed by atoms with Gasteiger partial charge in [0, 0.05) is 4.90 Å². The van der Waals surface area contributed by atoms with Crippen LogP contribution in [0.2, 0.25) is 0 Å². The number of carbonyl (C=O) groups excluding carboxylic acids is 4. The van der Waals surface area contributed by atoms with Crippen molar-refractivity contribution in [2.45, 2.75) is 62.1 Å². The van der Waals surface area contributed by atoms with Crippen LogP contribution in [-0.4, -0.2) is 76.8 Å². The minimum Gasteiger partial charge on any atom is -0.462 e. The zero-order chi connectivity index (χ0) is 26.3. The maximum Gasteiger partial charge on any atom is 0.436 e. The van der Waals surface area contributed by atoms with Gasteiger partial charge in [0.2, 0.25) is 0 Å². The molecular formula is C23H32O11S. The summed E-state index contributed by atoms with van der Waals surface area (Å²) in [6.07, 6.45) is 2.76. The lowest BCUT2D eigenvalue weighted by atomic mass is 10.1. The third kappa shape index (κ3) is 9.84. The summed E-state index contributed by atoms with van der Waals surface area (Å²) < 4.78 is 20.6. The predicted octanol–water partition coefficient (Wildman–Crippen LogP) is 1.55. The van der Waals surface area contributed by atoms with E-state index in [0.29, 0.717) is 24.2 Å². The summed E-state index contributed by atoms with van der Waals surface area (Å²) in [7, 11) is 0. The molecule has 0 aliphatic heterocycles. The second kappa shape index (κ2) is 16.1. The number of aliphatic hydroxyl groups excluding tert-OH is 3. The fourth-order valence-corrected chi connectivity index (χ4v) is 4.12. The van der Waals surface area contributed by atoms with Crippen molar-refractivity contribution in [3.63, 3.8) is 0 Å². The van der Waals surface area contributed by atoms with Crippen molar-refractivity contribution in [3.8, 4) is 0 Å². The van der Waals surface area contributed by atoms with E-state index < -0.39 is 54.9 Å². The van der Waals surface area contributed by atoms with Crippen LogP contribution in [0.15, 0.2) is 29.2 Å².